The molecule has 0 heterocycles. The highest BCUT2D eigenvalue weighted by molar-refractivity contribution is 5.73. The van der Waals surface area contributed by atoms with E-state index in [2.05, 4.69) is 0 Å². The Morgan fingerprint density at radius 2 is 1.64 bits per heavy atom. The molecule has 2 aromatic rings. The maximum atomic E-state index is 9.63. The number of nitrogens with two attached hydrogens (primary N) is 1. The third-order valence-electron chi connectivity index (χ3n) is 2.11. The number of hydrogen-bond acceptors (Lipinski definition) is 2. The van der Waals surface area contributed by atoms with E-state index in [1.54, 1.807) is 18.2 Å². The Morgan fingerprint density at radius 1 is 0.929 bits per heavy atom. The molecule has 0 atom stereocenters. The van der Waals surface area contributed by atoms with Gasteiger partial charge in [0.1, 0.15) is 5.75 Å². The minimum absolute atomic E-state index is 0.255. The molecule has 2 nitrogen and oxygen atoms in total. The first kappa shape index (κ1) is 8.63. The van der Waals surface area contributed by atoms with Crippen LogP contribution in [-0.2, 0) is 0 Å². The molecule has 0 aliphatic heterocycles. The lowest BCUT2D eigenvalue weighted by atomic mass is 10.0. The SMILES string of the molecule is Nc1ccc(O)c(-c2ccccc2)c1. The van der Waals surface area contributed by atoms with Crippen molar-refractivity contribution in [3.8, 4) is 16.9 Å². The van der Waals surface area contributed by atoms with Crippen LogP contribution in [-0.4, -0.2) is 5.11 Å². The van der Waals surface area contributed by atoms with E-state index >= 15 is 0 Å². The van der Waals surface area contributed by atoms with Gasteiger partial charge >= 0.3 is 0 Å². The molecule has 0 unspecified atom stereocenters. The van der Waals surface area contributed by atoms with Gasteiger partial charge in [-0.05, 0) is 23.8 Å². The summed E-state index contributed by atoms with van der Waals surface area (Å²) in [5, 5.41) is 9.63. The van der Waals surface area contributed by atoms with Gasteiger partial charge in [0.2, 0.25) is 0 Å². The molecule has 3 N–H and O–H groups in total. The fourth-order valence-corrected chi connectivity index (χ4v) is 1.40. The lowest BCUT2D eigenvalue weighted by Crippen LogP contribution is -1.85. The third-order valence-corrected chi connectivity index (χ3v) is 2.11. The van der Waals surface area contributed by atoms with Gasteiger partial charge in [-0.3, -0.25) is 0 Å². The van der Waals surface area contributed by atoms with E-state index < -0.39 is 0 Å². The molecule has 2 heteroatoms. The van der Waals surface area contributed by atoms with Crippen molar-refractivity contribution in [3.63, 3.8) is 0 Å². The highest BCUT2D eigenvalue weighted by Crippen LogP contribution is 2.30. The van der Waals surface area contributed by atoms with Crippen LogP contribution in [0.2, 0.25) is 0 Å². The average Bonchev–Trinajstić information content (AvgIpc) is 2.23. The molecule has 14 heavy (non-hydrogen) atoms. The summed E-state index contributed by atoms with van der Waals surface area (Å²) >= 11 is 0. The van der Waals surface area contributed by atoms with Gasteiger partial charge in [-0.1, -0.05) is 30.3 Å². The summed E-state index contributed by atoms with van der Waals surface area (Å²) in [6.07, 6.45) is 0. The quantitative estimate of drug-likeness (QED) is 0.530. The molecule has 0 radical (unpaired) electrons. The van der Waals surface area contributed by atoms with Crippen molar-refractivity contribution in [3.05, 3.63) is 48.5 Å². The molecule has 2 rings (SSSR count). The van der Waals surface area contributed by atoms with E-state index in [4.69, 9.17) is 5.73 Å². The summed E-state index contributed by atoms with van der Waals surface area (Å²) in [6, 6.07) is 14.7. The maximum Gasteiger partial charge on any atom is 0.123 e. The minimum atomic E-state index is 0.255. The van der Waals surface area contributed by atoms with Crippen LogP contribution in [0.4, 0.5) is 5.69 Å². The van der Waals surface area contributed by atoms with E-state index in [1.807, 2.05) is 30.3 Å². The van der Waals surface area contributed by atoms with E-state index in [9.17, 15) is 5.11 Å². The first-order valence-electron chi connectivity index (χ1n) is 4.41. The number of benzene rings is 2. The normalized spacial score (nSPS) is 10.0. The molecule has 0 aliphatic carbocycles. The van der Waals surface area contributed by atoms with Crippen LogP contribution in [0, 0.1) is 0 Å². The second kappa shape index (κ2) is 3.42. The fourth-order valence-electron chi connectivity index (χ4n) is 1.40. The number of nitrogen functional groups attached to an aromatic ring is 1. The zero-order valence-corrected chi connectivity index (χ0v) is 7.64. The summed E-state index contributed by atoms with van der Waals surface area (Å²) in [5.74, 6) is 0.255. The van der Waals surface area contributed by atoms with Gasteiger partial charge in [0.05, 0.1) is 0 Å². The van der Waals surface area contributed by atoms with Crippen molar-refractivity contribution in [2.75, 3.05) is 5.73 Å². The van der Waals surface area contributed by atoms with Gasteiger partial charge in [0.25, 0.3) is 0 Å². The Bertz CT molecular complexity index is 437. The smallest absolute Gasteiger partial charge is 0.123 e. The second-order valence-corrected chi connectivity index (χ2v) is 3.14. The Hall–Kier alpha value is -1.96. The van der Waals surface area contributed by atoms with Crippen LogP contribution in [0.15, 0.2) is 48.5 Å². The molecule has 0 fully saturated rings. The van der Waals surface area contributed by atoms with E-state index in [-0.39, 0.29) is 5.75 Å². The maximum absolute atomic E-state index is 9.63. The summed E-state index contributed by atoms with van der Waals surface area (Å²) in [6.45, 7) is 0. The monoisotopic (exact) mass is 185 g/mol. The van der Waals surface area contributed by atoms with Crippen LogP contribution in [0.3, 0.4) is 0 Å². The minimum Gasteiger partial charge on any atom is -0.507 e. The molecule has 0 saturated heterocycles. The van der Waals surface area contributed by atoms with Gasteiger partial charge in [-0.25, -0.2) is 0 Å². The summed E-state index contributed by atoms with van der Waals surface area (Å²) in [5.41, 5.74) is 8.05. The standard InChI is InChI=1S/C12H11NO/c13-10-6-7-12(14)11(8-10)9-4-2-1-3-5-9/h1-8,14H,13H2. The number of phenols is 1. The Morgan fingerprint density at radius 3 is 2.36 bits per heavy atom. The number of hydrogen-bond donors (Lipinski definition) is 2. The molecule has 0 spiro atoms. The molecule has 0 aliphatic rings. The van der Waals surface area contributed by atoms with Gasteiger partial charge in [0, 0.05) is 11.3 Å². The van der Waals surface area contributed by atoms with Crippen LogP contribution in [0.5, 0.6) is 5.75 Å². The average molecular weight is 185 g/mol. The molecule has 0 amide bonds. The van der Waals surface area contributed by atoms with E-state index in [0.29, 0.717) is 5.69 Å². The van der Waals surface area contributed by atoms with Gasteiger partial charge in [-0.2, -0.15) is 0 Å². The van der Waals surface area contributed by atoms with Crippen molar-refractivity contribution < 1.29 is 5.11 Å². The van der Waals surface area contributed by atoms with Crippen molar-refractivity contribution in [1.82, 2.24) is 0 Å². The second-order valence-electron chi connectivity index (χ2n) is 3.14. The van der Waals surface area contributed by atoms with Gasteiger partial charge in [0.15, 0.2) is 0 Å². The molecule has 0 saturated carbocycles. The van der Waals surface area contributed by atoms with Crippen molar-refractivity contribution in [1.29, 1.82) is 0 Å². The number of phenolic OH excluding ortho intramolecular Hbond substituents is 1. The third kappa shape index (κ3) is 1.55. The number of anilines is 1. The first-order chi connectivity index (χ1) is 6.77. The fraction of sp³-hybridized carbons (Fsp3) is 0. The van der Waals surface area contributed by atoms with Crippen LogP contribution >= 0.6 is 0 Å². The van der Waals surface area contributed by atoms with Gasteiger partial charge in [-0.15, -0.1) is 0 Å². The Kier molecular flexibility index (Phi) is 2.11. The predicted octanol–water partition coefficient (Wildman–Crippen LogP) is 2.64. The van der Waals surface area contributed by atoms with Crippen molar-refractivity contribution in [2.45, 2.75) is 0 Å². The zero-order chi connectivity index (χ0) is 9.97. The van der Waals surface area contributed by atoms with Crippen molar-refractivity contribution >= 4 is 5.69 Å². The topological polar surface area (TPSA) is 46.2 Å². The number of aromatic hydroxyl groups is 1. The Labute approximate surface area is 82.6 Å². The van der Waals surface area contributed by atoms with E-state index in [1.165, 1.54) is 0 Å². The summed E-state index contributed by atoms with van der Waals surface area (Å²) in [7, 11) is 0. The van der Waals surface area contributed by atoms with Crippen LogP contribution in [0.25, 0.3) is 11.1 Å². The summed E-state index contributed by atoms with van der Waals surface area (Å²) in [4.78, 5) is 0. The van der Waals surface area contributed by atoms with Crippen molar-refractivity contribution in [2.24, 2.45) is 0 Å². The molecule has 2 aromatic carbocycles. The lowest BCUT2D eigenvalue weighted by molar-refractivity contribution is 0.477. The van der Waals surface area contributed by atoms with Crippen LogP contribution in [0.1, 0.15) is 0 Å². The first-order valence-corrected chi connectivity index (χ1v) is 4.41. The molecular formula is C12H11NO. The highest BCUT2D eigenvalue weighted by atomic mass is 16.3. The molecule has 0 bridgehead atoms. The largest absolute Gasteiger partial charge is 0.507 e. The van der Waals surface area contributed by atoms with E-state index in [0.717, 1.165) is 11.1 Å². The zero-order valence-electron chi connectivity index (χ0n) is 7.64. The number of rotatable bonds is 1. The van der Waals surface area contributed by atoms with Crippen LogP contribution < -0.4 is 5.73 Å². The highest BCUT2D eigenvalue weighted by Gasteiger charge is 2.02. The molecule has 70 valence electrons. The Balaban J connectivity index is 2.57. The molecule has 0 aromatic heterocycles. The van der Waals surface area contributed by atoms with Gasteiger partial charge < -0.3 is 10.8 Å². The summed E-state index contributed by atoms with van der Waals surface area (Å²) < 4.78 is 0. The predicted molar refractivity (Wildman–Crippen MR) is 58.0 cm³/mol. The molecular weight excluding hydrogens is 174 g/mol. The lowest BCUT2D eigenvalue weighted by Gasteiger charge is -2.05.